The molecule has 4 heterocycles. The van der Waals surface area contributed by atoms with Gasteiger partial charge in [-0.2, -0.15) is 0 Å². The van der Waals surface area contributed by atoms with Gasteiger partial charge in [-0.15, -0.1) is 11.3 Å². The summed E-state index contributed by atoms with van der Waals surface area (Å²) in [6.45, 7) is 11.0. The molecule has 1 aliphatic heterocycles. The normalized spacial score (nSPS) is 14.9. The number of carbonyl (C=O) groups is 4. The number of nitrogens with zero attached hydrogens (tertiary/aromatic N) is 5. The van der Waals surface area contributed by atoms with Crippen molar-refractivity contribution in [2.24, 2.45) is 11.8 Å². The van der Waals surface area contributed by atoms with Crippen LogP contribution in [0.2, 0.25) is 0 Å². The first-order valence-electron chi connectivity index (χ1n) is 19.9. The summed E-state index contributed by atoms with van der Waals surface area (Å²) < 4.78 is 9.50. The number of nitrogens with one attached hydrogen (secondary N) is 4. The third kappa shape index (κ3) is 9.99. The molecular weight excluding hydrogens is 771 g/mol. The Morgan fingerprint density at radius 1 is 0.797 bits per heavy atom. The van der Waals surface area contributed by atoms with E-state index < -0.39 is 24.3 Å². The van der Waals surface area contributed by atoms with E-state index in [0.29, 0.717) is 18.9 Å². The average Bonchev–Trinajstić information content (AvgIpc) is 4.09. The number of hydrogen-bond acceptors (Lipinski definition) is 10. The van der Waals surface area contributed by atoms with Crippen molar-refractivity contribution in [1.82, 2.24) is 45.4 Å². The maximum Gasteiger partial charge on any atom is 0.407 e. The number of carbonyl (C=O) groups excluding carboxylic acids is 4. The molecule has 1 fully saturated rings. The highest BCUT2D eigenvalue weighted by molar-refractivity contribution is 7.18. The molecule has 0 saturated carbocycles. The van der Waals surface area contributed by atoms with Gasteiger partial charge in [-0.3, -0.25) is 9.59 Å². The highest BCUT2D eigenvalue weighted by Gasteiger charge is 2.37. The molecular formula is C43H53N9O6S. The van der Waals surface area contributed by atoms with Crippen molar-refractivity contribution >= 4 is 35.3 Å². The Morgan fingerprint density at radius 3 is 1.98 bits per heavy atom. The Bertz CT molecular complexity index is 2210. The Hall–Kier alpha value is -6.03. The molecule has 1 saturated heterocycles. The van der Waals surface area contributed by atoms with Crippen LogP contribution in [0, 0.1) is 11.8 Å². The Balaban J connectivity index is 1.09. The lowest BCUT2D eigenvalue weighted by Crippen LogP contribution is -2.51. The van der Waals surface area contributed by atoms with Gasteiger partial charge in [-0.1, -0.05) is 83.1 Å². The maximum atomic E-state index is 13.5. The molecule has 2 aromatic carbocycles. The topological polar surface area (TPSA) is 188 Å². The van der Waals surface area contributed by atoms with Gasteiger partial charge in [0.2, 0.25) is 11.8 Å². The molecule has 4 N–H and O–H groups in total. The van der Waals surface area contributed by atoms with Gasteiger partial charge in [0.1, 0.15) is 28.7 Å². The summed E-state index contributed by atoms with van der Waals surface area (Å²) in [6.07, 6.45) is 6.57. The van der Waals surface area contributed by atoms with E-state index in [0.717, 1.165) is 68.6 Å². The van der Waals surface area contributed by atoms with Gasteiger partial charge in [-0.05, 0) is 47.8 Å². The van der Waals surface area contributed by atoms with E-state index >= 15 is 0 Å². The minimum atomic E-state index is -0.712. The second kappa shape index (κ2) is 19.1. The van der Waals surface area contributed by atoms with Crippen LogP contribution in [0.25, 0.3) is 43.5 Å². The van der Waals surface area contributed by atoms with Gasteiger partial charge in [0, 0.05) is 24.8 Å². The molecule has 0 bridgehead atoms. The van der Waals surface area contributed by atoms with E-state index in [1.165, 1.54) is 14.2 Å². The van der Waals surface area contributed by atoms with Gasteiger partial charge in [0.15, 0.2) is 0 Å². The molecule has 6 rings (SSSR count). The molecule has 0 radical (unpaired) electrons. The molecule has 15 nitrogen and oxygen atoms in total. The van der Waals surface area contributed by atoms with Crippen LogP contribution in [0.4, 0.5) is 9.59 Å². The van der Waals surface area contributed by atoms with E-state index in [1.807, 2.05) is 77.2 Å². The number of benzene rings is 2. The van der Waals surface area contributed by atoms with Crippen molar-refractivity contribution in [1.29, 1.82) is 0 Å². The van der Waals surface area contributed by atoms with E-state index in [1.54, 1.807) is 33.5 Å². The number of hydrogen-bond donors (Lipinski definition) is 4. The number of aromatic nitrogens is 5. The maximum absolute atomic E-state index is 13.5. The van der Waals surface area contributed by atoms with Crippen molar-refractivity contribution in [2.75, 3.05) is 27.3 Å². The zero-order valence-electron chi connectivity index (χ0n) is 34.6. The van der Waals surface area contributed by atoms with E-state index in [4.69, 9.17) is 14.5 Å². The Kier molecular flexibility index (Phi) is 13.8. The summed E-state index contributed by atoms with van der Waals surface area (Å²) in [5.74, 6) is 0.811. The molecule has 312 valence electrons. The van der Waals surface area contributed by atoms with Crippen LogP contribution in [0.1, 0.15) is 71.6 Å². The van der Waals surface area contributed by atoms with Crippen LogP contribution >= 0.6 is 11.3 Å². The molecule has 3 atom stereocenters. The largest absolute Gasteiger partial charge is 0.453 e. The van der Waals surface area contributed by atoms with E-state index in [9.17, 15) is 19.2 Å². The second-order valence-corrected chi connectivity index (χ2v) is 16.3. The number of likely N-dealkylation sites (tertiary alicyclic amines) is 1. The van der Waals surface area contributed by atoms with Gasteiger partial charge >= 0.3 is 12.2 Å². The number of ether oxygens (including phenoxy) is 2. The van der Waals surface area contributed by atoms with Crippen molar-refractivity contribution in [3.8, 4) is 43.5 Å². The zero-order chi connectivity index (χ0) is 42.2. The molecule has 0 spiro atoms. The number of aromatic amines is 2. The van der Waals surface area contributed by atoms with Gasteiger partial charge in [0.05, 0.1) is 55.5 Å². The fourth-order valence-electron chi connectivity index (χ4n) is 7.20. The second-order valence-electron chi connectivity index (χ2n) is 15.3. The van der Waals surface area contributed by atoms with Gasteiger partial charge in [-0.25, -0.2) is 24.5 Å². The first-order valence-corrected chi connectivity index (χ1v) is 20.8. The molecule has 1 unspecified atom stereocenters. The average molecular weight is 824 g/mol. The fourth-order valence-corrected chi connectivity index (χ4v) is 8.12. The first-order chi connectivity index (χ1) is 28.4. The molecule has 3 aromatic heterocycles. The number of H-pyrrole nitrogens is 2. The summed E-state index contributed by atoms with van der Waals surface area (Å²) in [5, 5.41) is 6.26. The standard InChI is InChI=1S/C43H53N9O6S/c1-8-19-51(40(53)36(25(2)3)49-42(55)57-6)24-35-44-21-31(47-35)27-13-17-30(18-14-27)39-46-23-34(59-39)29-15-11-28(12-16-29)32-22-45-38(48-32)33-10-9-20-52(33)41(54)37(26(4)5)50-43(56)58-7/h11-18,21-23,25-26,33,36-37H,8-10,19-20,24H2,1-7H3,(H,44,47)(H,45,48)(H,49,55)(H,50,56)/t33-,36?,37-/m0/s1. The molecule has 0 aliphatic carbocycles. The van der Waals surface area contributed by atoms with Crippen LogP contribution in [0.5, 0.6) is 0 Å². The summed E-state index contributed by atoms with van der Waals surface area (Å²) in [4.78, 5) is 76.2. The Morgan fingerprint density at radius 2 is 1.37 bits per heavy atom. The Labute approximate surface area is 348 Å². The monoisotopic (exact) mass is 823 g/mol. The zero-order valence-corrected chi connectivity index (χ0v) is 35.4. The van der Waals surface area contributed by atoms with E-state index in [2.05, 4.69) is 42.7 Å². The fraction of sp³-hybridized carbons (Fsp3) is 0.419. The lowest BCUT2D eigenvalue weighted by atomic mass is 10.0. The van der Waals surface area contributed by atoms with Gasteiger partial charge < -0.3 is 39.9 Å². The summed E-state index contributed by atoms with van der Waals surface area (Å²) >= 11 is 1.61. The van der Waals surface area contributed by atoms with Crippen molar-refractivity contribution in [3.05, 3.63) is 78.8 Å². The smallest absolute Gasteiger partial charge is 0.407 e. The number of imidazole rings is 2. The van der Waals surface area contributed by atoms with Gasteiger partial charge in [0.25, 0.3) is 0 Å². The number of alkyl carbamates (subject to hydrolysis) is 2. The number of methoxy groups -OCH3 is 2. The van der Waals surface area contributed by atoms with Crippen molar-refractivity contribution < 1.29 is 28.7 Å². The summed E-state index contributed by atoms with van der Waals surface area (Å²) in [6, 6.07) is 14.7. The van der Waals surface area contributed by atoms with Crippen molar-refractivity contribution in [2.45, 2.75) is 78.6 Å². The predicted molar refractivity (Wildman–Crippen MR) is 226 cm³/mol. The lowest BCUT2D eigenvalue weighted by molar-refractivity contribution is -0.136. The number of amides is 4. The molecule has 16 heteroatoms. The highest BCUT2D eigenvalue weighted by atomic mass is 32.1. The van der Waals surface area contributed by atoms with Crippen LogP contribution in [0.3, 0.4) is 0 Å². The lowest BCUT2D eigenvalue weighted by Gasteiger charge is -2.30. The highest BCUT2D eigenvalue weighted by Crippen LogP contribution is 2.35. The SMILES string of the molecule is CCCN(Cc1ncc(-c2ccc(-c3ncc(-c4ccc(-c5cnc([C@@H]6CCCN6C(=O)[C@@H](NC(=O)OC)C(C)C)[nH]5)cc4)s3)cc2)[nH]1)C(=O)C(NC(=O)OC)C(C)C. The van der Waals surface area contributed by atoms with Crippen LogP contribution in [-0.4, -0.2) is 98.1 Å². The molecule has 4 amide bonds. The summed E-state index contributed by atoms with van der Waals surface area (Å²) in [7, 11) is 2.57. The summed E-state index contributed by atoms with van der Waals surface area (Å²) in [5.41, 5.74) is 5.63. The third-order valence-corrected chi connectivity index (χ3v) is 11.5. The van der Waals surface area contributed by atoms with Crippen LogP contribution < -0.4 is 10.6 Å². The molecule has 5 aromatic rings. The van der Waals surface area contributed by atoms with Crippen molar-refractivity contribution in [3.63, 3.8) is 0 Å². The number of thiazole rings is 1. The minimum Gasteiger partial charge on any atom is -0.453 e. The van der Waals surface area contributed by atoms with Crippen LogP contribution in [0.15, 0.2) is 67.1 Å². The van der Waals surface area contributed by atoms with E-state index in [-0.39, 0.29) is 36.2 Å². The molecule has 59 heavy (non-hydrogen) atoms. The third-order valence-electron chi connectivity index (χ3n) is 10.4. The minimum absolute atomic E-state index is 0.107. The number of rotatable bonds is 15. The first kappa shape index (κ1) is 42.6. The van der Waals surface area contributed by atoms with Crippen LogP contribution in [-0.2, 0) is 25.6 Å². The predicted octanol–water partition coefficient (Wildman–Crippen LogP) is 7.42. The molecule has 1 aliphatic rings. The quantitative estimate of drug-likeness (QED) is 0.0833.